The number of hydrogen-bond donors (Lipinski definition) is 2. The molecule has 1 heterocycles. The van der Waals surface area contributed by atoms with Crippen LogP contribution in [-0.2, 0) is 4.74 Å². The van der Waals surface area contributed by atoms with Gasteiger partial charge in [0.05, 0.1) is 13.2 Å². The van der Waals surface area contributed by atoms with Crippen LogP contribution < -0.4 is 10.6 Å². The third-order valence-electron chi connectivity index (χ3n) is 3.08. The van der Waals surface area contributed by atoms with E-state index < -0.39 is 0 Å². The van der Waals surface area contributed by atoms with Crippen LogP contribution in [0.1, 0.15) is 26.7 Å². The third kappa shape index (κ3) is 5.50. The van der Waals surface area contributed by atoms with Gasteiger partial charge in [0.2, 0.25) is 0 Å². The highest BCUT2D eigenvalue weighted by atomic mass is 16.6. The molecule has 0 aromatic heterocycles. The fourth-order valence-electron chi connectivity index (χ4n) is 2.09. The van der Waals surface area contributed by atoms with Crippen LogP contribution in [0.2, 0.25) is 0 Å². The first-order valence-corrected chi connectivity index (χ1v) is 7.28. The van der Waals surface area contributed by atoms with Crippen LogP contribution in [0.25, 0.3) is 0 Å². The van der Waals surface area contributed by atoms with Gasteiger partial charge in [0.1, 0.15) is 0 Å². The molecule has 0 unspecified atom stereocenters. The maximum Gasteiger partial charge on any atom is 0.409 e. The number of carbonyl (C=O) groups excluding carboxylic acids is 1. The number of guanidine groups is 1. The zero-order valence-corrected chi connectivity index (χ0v) is 12.5. The smallest absolute Gasteiger partial charge is 0.409 e. The highest BCUT2D eigenvalue weighted by Gasteiger charge is 2.23. The maximum atomic E-state index is 11.6. The average Bonchev–Trinajstić information content (AvgIpc) is 2.46. The van der Waals surface area contributed by atoms with Crippen LogP contribution >= 0.6 is 0 Å². The number of ether oxygens (including phenoxy) is 1. The Bertz CT molecular complexity index is 336. The number of piperidine rings is 1. The average molecular weight is 282 g/mol. The Hall–Kier alpha value is -1.72. The Balaban J connectivity index is 2.40. The molecule has 1 rings (SSSR count). The fraction of sp³-hybridized carbons (Fsp3) is 0.714. The lowest BCUT2D eigenvalue weighted by molar-refractivity contribution is 0.0963. The van der Waals surface area contributed by atoms with Gasteiger partial charge in [0.25, 0.3) is 0 Å². The van der Waals surface area contributed by atoms with Crippen molar-refractivity contribution in [3.8, 4) is 0 Å². The Morgan fingerprint density at radius 3 is 2.70 bits per heavy atom. The number of nitrogens with one attached hydrogen (secondary N) is 2. The molecule has 0 radical (unpaired) electrons. The van der Waals surface area contributed by atoms with Gasteiger partial charge in [-0.05, 0) is 26.7 Å². The van der Waals surface area contributed by atoms with Crippen LogP contribution in [0.4, 0.5) is 4.79 Å². The molecular formula is C14H26N4O2. The van der Waals surface area contributed by atoms with E-state index >= 15 is 0 Å². The molecule has 0 aromatic rings. The second kappa shape index (κ2) is 9.23. The Morgan fingerprint density at radius 1 is 1.45 bits per heavy atom. The number of carbonyl (C=O) groups is 1. The molecule has 1 fully saturated rings. The van der Waals surface area contributed by atoms with E-state index in [9.17, 15) is 4.79 Å². The van der Waals surface area contributed by atoms with Crippen molar-refractivity contribution in [1.29, 1.82) is 0 Å². The van der Waals surface area contributed by atoms with Gasteiger partial charge in [-0.15, -0.1) is 6.58 Å². The van der Waals surface area contributed by atoms with Gasteiger partial charge < -0.3 is 20.3 Å². The van der Waals surface area contributed by atoms with E-state index in [1.165, 1.54) is 0 Å². The van der Waals surface area contributed by atoms with Crippen LogP contribution in [0.3, 0.4) is 0 Å². The quantitative estimate of drug-likeness (QED) is 0.454. The van der Waals surface area contributed by atoms with E-state index in [0.29, 0.717) is 19.2 Å². The van der Waals surface area contributed by atoms with E-state index in [2.05, 4.69) is 22.2 Å². The molecule has 1 amide bonds. The fourth-order valence-corrected chi connectivity index (χ4v) is 2.09. The van der Waals surface area contributed by atoms with Crippen molar-refractivity contribution in [2.75, 3.05) is 32.8 Å². The summed E-state index contributed by atoms with van der Waals surface area (Å²) in [4.78, 5) is 17.7. The number of aliphatic imine (C=N–C) groups is 1. The Labute approximate surface area is 121 Å². The highest BCUT2D eigenvalue weighted by molar-refractivity contribution is 5.80. The van der Waals surface area contributed by atoms with Crippen molar-refractivity contribution >= 4 is 12.1 Å². The SMILES string of the molecule is C=CCN=C(NCC)NC1CCN(C(=O)OCC)CC1. The first kappa shape index (κ1) is 16.3. The van der Waals surface area contributed by atoms with Crippen molar-refractivity contribution in [1.82, 2.24) is 15.5 Å². The van der Waals surface area contributed by atoms with Gasteiger partial charge in [0.15, 0.2) is 5.96 Å². The number of nitrogens with zero attached hydrogens (tertiary/aromatic N) is 2. The van der Waals surface area contributed by atoms with Crippen molar-refractivity contribution in [2.24, 2.45) is 4.99 Å². The molecule has 6 nitrogen and oxygen atoms in total. The van der Waals surface area contributed by atoms with Gasteiger partial charge in [-0.3, -0.25) is 0 Å². The van der Waals surface area contributed by atoms with Crippen LogP contribution in [-0.4, -0.2) is 55.8 Å². The standard InChI is InChI=1S/C14H26N4O2/c1-4-9-16-13(15-5-2)17-12-7-10-18(11-8-12)14(19)20-6-3/h4,12H,1,5-11H2,2-3H3,(H2,15,16,17). The molecular weight excluding hydrogens is 256 g/mol. The second-order valence-corrected chi connectivity index (χ2v) is 4.61. The second-order valence-electron chi connectivity index (χ2n) is 4.61. The summed E-state index contributed by atoms with van der Waals surface area (Å²) in [6.45, 7) is 10.8. The molecule has 0 saturated carbocycles. The monoisotopic (exact) mass is 282 g/mol. The lowest BCUT2D eigenvalue weighted by Crippen LogP contribution is -2.49. The largest absolute Gasteiger partial charge is 0.450 e. The topological polar surface area (TPSA) is 66.0 Å². The van der Waals surface area contributed by atoms with E-state index in [-0.39, 0.29) is 6.09 Å². The lowest BCUT2D eigenvalue weighted by atomic mass is 10.1. The Morgan fingerprint density at radius 2 is 2.15 bits per heavy atom. The zero-order valence-electron chi connectivity index (χ0n) is 12.5. The predicted octanol–water partition coefficient (Wildman–Crippen LogP) is 1.35. The molecule has 2 N–H and O–H groups in total. The van der Waals surface area contributed by atoms with E-state index in [4.69, 9.17) is 4.74 Å². The van der Waals surface area contributed by atoms with Crippen LogP contribution in [0, 0.1) is 0 Å². The number of rotatable bonds is 5. The molecule has 114 valence electrons. The van der Waals surface area contributed by atoms with Crippen molar-refractivity contribution in [3.63, 3.8) is 0 Å². The molecule has 1 saturated heterocycles. The molecule has 0 bridgehead atoms. The molecule has 0 aliphatic carbocycles. The normalized spacial score (nSPS) is 16.7. The highest BCUT2D eigenvalue weighted by Crippen LogP contribution is 2.11. The number of amides is 1. The molecule has 0 atom stereocenters. The first-order chi connectivity index (χ1) is 9.71. The summed E-state index contributed by atoms with van der Waals surface area (Å²) in [6, 6.07) is 0.336. The summed E-state index contributed by atoms with van der Waals surface area (Å²) in [6.07, 6.45) is 3.36. The van der Waals surface area contributed by atoms with Gasteiger partial charge in [0, 0.05) is 25.7 Å². The summed E-state index contributed by atoms with van der Waals surface area (Å²) in [5.74, 6) is 0.807. The minimum absolute atomic E-state index is 0.210. The summed E-state index contributed by atoms with van der Waals surface area (Å²) in [5.41, 5.74) is 0. The Kier molecular flexibility index (Phi) is 7.54. The first-order valence-electron chi connectivity index (χ1n) is 7.28. The van der Waals surface area contributed by atoms with Crippen LogP contribution in [0.5, 0.6) is 0 Å². The number of likely N-dealkylation sites (tertiary alicyclic amines) is 1. The van der Waals surface area contributed by atoms with Gasteiger partial charge in [-0.2, -0.15) is 0 Å². The summed E-state index contributed by atoms with van der Waals surface area (Å²) in [5, 5.41) is 6.60. The predicted molar refractivity (Wildman–Crippen MR) is 80.9 cm³/mol. The maximum absolute atomic E-state index is 11.6. The minimum Gasteiger partial charge on any atom is -0.450 e. The molecule has 1 aliphatic heterocycles. The summed E-state index contributed by atoms with van der Waals surface area (Å²) in [7, 11) is 0. The molecule has 0 spiro atoms. The number of hydrogen-bond acceptors (Lipinski definition) is 3. The van der Waals surface area contributed by atoms with E-state index in [0.717, 1.165) is 38.4 Å². The van der Waals surface area contributed by atoms with Gasteiger partial charge in [-0.25, -0.2) is 9.79 Å². The van der Waals surface area contributed by atoms with E-state index in [1.807, 2.05) is 13.8 Å². The van der Waals surface area contributed by atoms with E-state index in [1.54, 1.807) is 11.0 Å². The van der Waals surface area contributed by atoms with Gasteiger partial charge in [-0.1, -0.05) is 6.08 Å². The summed E-state index contributed by atoms with van der Waals surface area (Å²) >= 11 is 0. The zero-order chi connectivity index (χ0) is 14.8. The molecule has 20 heavy (non-hydrogen) atoms. The minimum atomic E-state index is -0.210. The lowest BCUT2D eigenvalue weighted by Gasteiger charge is -2.32. The van der Waals surface area contributed by atoms with Crippen LogP contribution in [0.15, 0.2) is 17.6 Å². The molecule has 1 aliphatic rings. The van der Waals surface area contributed by atoms with Crippen molar-refractivity contribution in [2.45, 2.75) is 32.7 Å². The summed E-state index contributed by atoms with van der Waals surface area (Å²) < 4.78 is 5.01. The van der Waals surface area contributed by atoms with Crippen molar-refractivity contribution < 1.29 is 9.53 Å². The van der Waals surface area contributed by atoms with Crippen molar-refractivity contribution in [3.05, 3.63) is 12.7 Å². The third-order valence-corrected chi connectivity index (χ3v) is 3.08. The molecule has 6 heteroatoms. The van der Waals surface area contributed by atoms with Gasteiger partial charge >= 0.3 is 6.09 Å². The molecule has 0 aromatic carbocycles.